The summed E-state index contributed by atoms with van der Waals surface area (Å²) in [7, 11) is 3.57. The molecule has 0 amide bonds. The molecule has 1 aliphatic rings. The maximum Gasteiger partial charge on any atom is 0.142 e. The van der Waals surface area contributed by atoms with E-state index in [2.05, 4.69) is 20.9 Å². The lowest BCUT2D eigenvalue weighted by molar-refractivity contribution is 0.158. The van der Waals surface area contributed by atoms with E-state index in [4.69, 9.17) is 9.15 Å². The summed E-state index contributed by atoms with van der Waals surface area (Å²) < 4.78 is 12.8. The molecule has 29 heavy (non-hydrogen) atoms. The first-order valence-electron chi connectivity index (χ1n) is 9.93. The average Bonchev–Trinajstić information content (AvgIpc) is 3.37. The molecule has 3 aromatic rings. The number of anilines is 1. The molecule has 1 saturated heterocycles. The lowest BCUT2D eigenvalue weighted by atomic mass is 10.0. The fourth-order valence-corrected chi connectivity index (χ4v) is 3.88. The molecule has 0 bridgehead atoms. The van der Waals surface area contributed by atoms with Gasteiger partial charge in [0.1, 0.15) is 30.1 Å². The fraction of sp³-hybridized carbons (Fsp3) is 0.409. The minimum Gasteiger partial charge on any atom is -0.462 e. The predicted molar refractivity (Wildman–Crippen MR) is 111 cm³/mol. The number of ether oxygens (including phenoxy) is 1. The van der Waals surface area contributed by atoms with Crippen LogP contribution >= 0.6 is 0 Å². The van der Waals surface area contributed by atoms with E-state index in [0.717, 1.165) is 55.5 Å². The van der Waals surface area contributed by atoms with Crippen LogP contribution in [0.1, 0.15) is 29.0 Å². The van der Waals surface area contributed by atoms with E-state index in [1.165, 1.54) is 0 Å². The Hall–Kier alpha value is -2.61. The van der Waals surface area contributed by atoms with Gasteiger partial charge in [-0.15, -0.1) is 0 Å². The molecule has 7 heteroatoms. The van der Waals surface area contributed by atoms with Gasteiger partial charge < -0.3 is 23.7 Å². The Morgan fingerprint density at radius 3 is 2.59 bits per heavy atom. The van der Waals surface area contributed by atoms with E-state index in [0.29, 0.717) is 12.4 Å². The second-order valence-electron chi connectivity index (χ2n) is 7.42. The second kappa shape index (κ2) is 8.82. The van der Waals surface area contributed by atoms with Gasteiger partial charge in [0.15, 0.2) is 0 Å². The number of methoxy groups -OCH3 is 1. The SMILES string of the molecule is COCc1ccc(CN2CCN(c3ccccc3[C@H](O)c3nccn3C)CC2)o1. The van der Waals surface area contributed by atoms with Crippen molar-refractivity contribution in [2.45, 2.75) is 19.3 Å². The lowest BCUT2D eigenvalue weighted by Gasteiger charge is -2.37. The third-order valence-corrected chi connectivity index (χ3v) is 5.43. The van der Waals surface area contributed by atoms with Crippen molar-refractivity contribution in [2.24, 2.45) is 7.05 Å². The van der Waals surface area contributed by atoms with E-state index in [-0.39, 0.29) is 0 Å². The van der Waals surface area contributed by atoms with Gasteiger partial charge in [-0.25, -0.2) is 4.98 Å². The van der Waals surface area contributed by atoms with E-state index >= 15 is 0 Å². The molecule has 3 heterocycles. The molecule has 0 spiro atoms. The zero-order valence-corrected chi connectivity index (χ0v) is 17.0. The van der Waals surface area contributed by atoms with Crippen LogP contribution in [0.3, 0.4) is 0 Å². The van der Waals surface area contributed by atoms with Gasteiger partial charge in [0, 0.05) is 64.0 Å². The number of rotatable bonds is 7. The molecule has 1 atom stereocenters. The summed E-state index contributed by atoms with van der Waals surface area (Å²) in [6.45, 7) is 4.98. The van der Waals surface area contributed by atoms with Gasteiger partial charge in [0.25, 0.3) is 0 Å². The van der Waals surface area contributed by atoms with Gasteiger partial charge in [-0.1, -0.05) is 18.2 Å². The average molecular weight is 396 g/mol. The van der Waals surface area contributed by atoms with Crippen LogP contribution in [0.4, 0.5) is 5.69 Å². The van der Waals surface area contributed by atoms with Crippen LogP contribution in [0.5, 0.6) is 0 Å². The third-order valence-electron chi connectivity index (χ3n) is 5.43. The number of nitrogens with zero attached hydrogens (tertiary/aromatic N) is 4. The number of aromatic nitrogens is 2. The van der Waals surface area contributed by atoms with E-state index in [1.807, 2.05) is 48.1 Å². The first-order valence-corrected chi connectivity index (χ1v) is 9.93. The number of furan rings is 1. The number of benzene rings is 1. The summed E-state index contributed by atoms with van der Waals surface area (Å²) in [5.41, 5.74) is 1.97. The van der Waals surface area contributed by atoms with Crippen molar-refractivity contribution in [3.05, 3.63) is 71.7 Å². The zero-order chi connectivity index (χ0) is 20.2. The Labute approximate surface area is 171 Å². The molecule has 1 fully saturated rings. The van der Waals surface area contributed by atoms with Crippen LogP contribution in [-0.4, -0.2) is 52.8 Å². The normalized spacial score (nSPS) is 16.3. The number of aryl methyl sites for hydroxylation is 1. The highest BCUT2D eigenvalue weighted by Gasteiger charge is 2.24. The number of piperazine rings is 1. The fourth-order valence-electron chi connectivity index (χ4n) is 3.88. The lowest BCUT2D eigenvalue weighted by Crippen LogP contribution is -2.46. The third kappa shape index (κ3) is 4.37. The Kier molecular flexibility index (Phi) is 5.99. The standard InChI is InChI=1S/C22H28N4O3/c1-24-10-9-23-22(24)21(27)19-5-3-4-6-20(19)26-13-11-25(12-14-26)15-17-7-8-18(29-17)16-28-2/h3-10,21,27H,11-16H2,1-2H3/t21-/m0/s1. The smallest absolute Gasteiger partial charge is 0.142 e. The molecule has 0 unspecified atom stereocenters. The Bertz CT molecular complexity index is 928. The van der Waals surface area contributed by atoms with Crippen LogP contribution in [0.15, 0.2) is 53.2 Å². The molecule has 0 radical (unpaired) electrons. The molecule has 154 valence electrons. The largest absolute Gasteiger partial charge is 0.462 e. The predicted octanol–water partition coefficient (Wildman–Crippen LogP) is 2.56. The Balaban J connectivity index is 1.41. The monoisotopic (exact) mass is 396 g/mol. The van der Waals surface area contributed by atoms with E-state index < -0.39 is 6.10 Å². The highest BCUT2D eigenvalue weighted by Crippen LogP contribution is 2.30. The molecular weight excluding hydrogens is 368 g/mol. The number of aliphatic hydroxyl groups is 1. The number of aliphatic hydroxyl groups excluding tert-OH is 1. The molecule has 0 aliphatic carbocycles. The molecule has 7 nitrogen and oxygen atoms in total. The first-order chi connectivity index (χ1) is 14.2. The van der Waals surface area contributed by atoms with Gasteiger partial charge in [-0.2, -0.15) is 0 Å². The van der Waals surface area contributed by atoms with Crippen LogP contribution in [-0.2, 0) is 24.9 Å². The van der Waals surface area contributed by atoms with Gasteiger partial charge in [0.2, 0.25) is 0 Å². The van der Waals surface area contributed by atoms with Crippen molar-refractivity contribution in [1.29, 1.82) is 0 Å². The van der Waals surface area contributed by atoms with Crippen LogP contribution in [0, 0.1) is 0 Å². The van der Waals surface area contributed by atoms with Crippen molar-refractivity contribution >= 4 is 5.69 Å². The molecule has 1 aromatic carbocycles. The van der Waals surface area contributed by atoms with Crippen molar-refractivity contribution in [1.82, 2.24) is 14.5 Å². The Morgan fingerprint density at radius 2 is 1.86 bits per heavy atom. The highest BCUT2D eigenvalue weighted by molar-refractivity contribution is 5.56. The summed E-state index contributed by atoms with van der Waals surface area (Å²) in [6, 6.07) is 12.1. The molecule has 2 aromatic heterocycles. The number of para-hydroxylation sites is 1. The topological polar surface area (TPSA) is 66.9 Å². The van der Waals surface area contributed by atoms with E-state index in [1.54, 1.807) is 13.3 Å². The van der Waals surface area contributed by atoms with Gasteiger partial charge >= 0.3 is 0 Å². The van der Waals surface area contributed by atoms with Gasteiger partial charge in [0.05, 0.1) is 6.54 Å². The number of hydrogen-bond acceptors (Lipinski definition) is 6. The number of imidazole rings is 1. The first kappa shape index (κ1) is 19.7. The van der Waals surface area contributed by atoms with Gasteiger partial charge in [-0.05, 0) is 18.2 Å². The van der Waals surface area contributed by atoms with Crippen molar-refractivity contribution < 1.29 is 14.3 Å². The molecule has 1 aliphatic heterocycles. The molecule has 1 N–H and O–H groups in total. The summed E-state index contributed by atoms with van der Waals surface area (Å²) in [6.07, 6.45) is 2.82. The van der Waals surface area contributed by atoms with Crippen LogP contribution in [0.2, 0.25) is 0 Å². The summed E-state index contributed by atoms with van der Waals surface area (Å²) in [5.74, 6) is 2.48. The molecular formula is C22H28N4O3. The minimum atomic E-state index is -0.744. The second-order valence-corrected chi connectivity index (χ2v) is 7.42. The molecule has 4 rings (SSSR count). The maximum atomic E-state index is 10.9. The van der Waals surface area contributed by atoms with Crippen LogP contribution in [0.25, 0.3) is 0 Å². The quantitative estimate of drug-likeness (QED) is 0.662. The number of hydrogen-bond donors (Lipinski definition) is 1. The summed E-state index contributed by atoms with van der Waals surface area (Å²) >= 11 is 0. The van der Waals surface area contributed by atoms with Crippen LogP contribution < -0.4 is 4.90 Å². The maximum absolute atomic E-state index is 10.9. The van der Waals surface area contributed by atoms with Crippen molar-refractivity contribution in [3.63, 3.8) is 0 Å². The van der Waals surface area contributed by atoms with Crippen molar-refractivity contribution in [3.8, 4) is 0 Å². The minimum absolute atomic E-state index is 0.503. The Morgan fingerprint density at radius 1 is 1.10 bits per heavy atom. The highest BCUT2D eigenvalue weighted by atomic mass is 16.5. The summed E-state index contributed by atoms with van der Waals surface area (Å²) in [5, 5.41) is 10.9. The van der Waals surface area contributed by atoms with Crippen molar-refractivity contribution in [2.75, 3.05) is 38.2 Å². The zero-order valence-electron chi connectivity index (χ0n) is 17.0. The summed E-state index contributed by atoms with van der Waals surface area (Å²) in [4.78, 5) is 9.06. The van der Waals surface area contributed by atoms with Gasteiger partial charge in [-0.3, -0.25) is 4.90 Å². The molecule has 0 saturated carbocycles. The van der Waals surface area contributed by atoms with E-state index in [9.17, 15) is 5.11 Å².